The highest BCUT2D eigenvalue weighted by Crippen LogP contribution is 2.38. The molecular weight excluding hydrogens is 494 g/mol. The van der Waals surface area contributed by atoms with Crippen LogP contribution in [0.15, 0.2) is 72.0 Å². The molecule has 0 bridgehead atoms. The molecule has 10 nitrogen and oxygen atoms in total. The molecule has 196 valence electrons. The van der Waals surface area contributed by atoms with E-state index in [9.17, 15) is 9.59 Å². The smallest absolute Gasteiger partial charge is 0.269 e. The maximum absolute atomic E-state index is 12.6. The topological polar surface area (TPSA) is 137 Å². The number of carbonyl (C=O) groups is 1. The number of aromatic amines is 1. The molecule has 2 N–H and O–H groups in total. The molecule has 0 saturated carbocycles. The Bertz CT molecular complexity index is 1580. The molecule has 1 aliphatic rings. The number of hydrogen-bond donors (Lipinski definition) is 2. The van der Waals surface area contributed by atoms with Crippen molar-refractivity contribution in [2.45, 2.75) is 32.4 Å². The summed E-state index contributed by atoms with van der Waals surface area (Å²) in [6, 6.07) is 15.3. The third-order valence-corrected chi connectivity index (χ3v) is 6.70. The SMILES string of the molecule is Cc1c(N2Cc3ccccc3C2COc2cncc(CC(=O)CCNc3ccc(C#N)cn3)c2)cn[nH]c1=O. The van der Waals surface area contributed by atoms with Crippen molar-refractivity contribution in [1.82, 2.24) is 20.2 Å². The van der Waals surface area contributed by atoms with Gasteiger partial charge in [0.25, 0.3) is 5.56 Å². The van der Waals surface area contributed by atoms with E-state index in [1.165, 1.54) is 11.8 Å². The van der Waals surface area contributed by atoms with E-state index in [0.717, 1.165) is 16.8 Å². The summed E-state index contributed by atoms with van der Waals surface area (Å²) in [6.45, 7) is 3.21. The summed E-state index contributed by atoms with van der Waals surface area (Å²) in [7, 11) is 0. The third kappa shape index (κ3) is 5.93. The molecular formula is C29H27N7O3. The molecule has 0 aliphatic carbocycles. The fraction of sp³-hybridized carbons (Fsp3) is 0.241. The zero-order valence-electron chi connectivity index (χ0n) is 21.4. The number of ether oxygens (including phenoxy) is 1. The van der Waals surface area contributed by atoms with Crippen LogP contribution in [0.3, 0.4) is 0 Å². The van der Waals surface area contributed by atoms with Gasteiger partial charge in [-0.25, -0.2) is 10.1 Å². The highest BCUT2D eigenvalue weighted by Gasteiger charge is 2.32. The molecule has 0 spiro atoms. The summed E-state index contributed by atoms with van der Waals surface area (Å²) >= 11 is 0. The molecule has 0 radical (unpaired) electrons. The van der Waals surface area contributed by atoms with E-state index in [1.54, 1.807) is 37.6 Å². The van der Waals surface area contributed by atoms with E-state index < -0.39 is 0 Å². The first-order valence-corrected chi connectivity index (χ1v) is 12.6. The van der Waals surface area contributed by atoms with Crippen LogP contribution in [-0.2, 0) is 17.8 Å². The number of anilines is 2. The van der Waals surface area contributed by atoms with Crippen molar-refractivity contribution in [3.8, 4) is 11.8 Å². The zero-order chi connectivity index (χ0) is 27.2. The van der Waals surface area contributed by atoms with Gasteiger partial charge >= 0.3 is 0 Å². The van der Waals surface area contributed by atoms with Gasteiger partial charge in [-0.15, -0.1) is 0 Å². The molecule has 10 heteroatoms. The van der Waals surface area contributed by atoms with E-state index in [4.69, 9.17) is 10.00 Å². The molecule has 0 saturated heterocycles. The van der Waals surface area contributed by atoms with Crippen LogP contribution >= 0.6 is 0 Å². The first-order chi connectivity index (χ1) is 19.0. The van der Waals surface area contributed by atoms with Crippen LogP contribution in [0.5, 0.6) is 5.75 Å². The number of nitrogens with one attached hydrogen (secondary N) is 2. The van der Waals surface area contributed by atoms with Gasteiger partial charge in [0.05, 0.1) is 29.7 Å². The molecule has 0 fully saturated rings. The van der Waals surface area contributed by atoms with Crippen LogP contribution in [-0.4, -0.2) is 39.1 Å². The van der Waals surface area contributed by atoms with Crippen molar-refractivity contribution in [3.05, 3.63) is 105 Å². The number of rotatable bonds is 10. The van der Waals surface area contributed by atoms with Crippen LogP contribution in [0, 0.1) is 18.3 Å². The predicted molar refractivity (Wildman–Crippen MR) is 145 cm³/mol. The van der Waals surface area contributed by atoms with Crippen LogP contribution in [0.25, 0.3) is 0 Å². The van der Waals surface area contributed by atoms with E-state index in [-0.39, 0.29) is 23.8 Å². The Morgan fingerprint density at radius 2 is 2.08 bits per heavy atom. The lowest BCUT2D eigenvalue weighted by atomic mass is 10.1. The minimum absolute atomic E-state index is 0.0586. The van der Waals surface area contributed by atoms with Crippen molar-refractivity contribution in [3.63, 3.8) is 0 Å². The van der Waals surface area contributed by atoms with Crippen LogP contribution in [0.4, 0.5) is 11.5 Å². The molecule has 1 unspecified atom stereocenters. The molecule has 1 atom stereocenters. The molecule has 1 aromatic carbocycles. The molecule has 4 aromatic rings. The minimum Gasteiger partial charge on any atom is -0.489 e. The normalized spacial score (nSPS) is 13.9. The number of Topliss-reactive ketones (excluding diaryl/α,β-unsaturated/α-hetero) is 1. The second kappa shape index (κ2) is 11.6. The molecule has 0 amide bonds. The molecule has 5 rings (SSSR count). The third-order valence-electron chi connectivity index (χ3n) is 6.70. The minimum atomic E-state index is -0.215. The fourth-order valence-electron chi connectivity index (χ4n) is 4.66. The van der Waals surface area contributed by atoms with Gasteiger partial charge in [0.15, 0.2) is 0 Å². The van der Waals surface area contributed by atoms with Gasteiger partial charge in [0.2, 0.25) is 0 Å². The van der Waals surface area contributed by atoms with Gasteiger partial charge in [0, 0.05) is 43.9 Å². The molecule has 39 heavy (non-hydrogen) atoms. The zero-order valence-corrected chi connectivity index (χ0v) is 21.4. The van der Waals surface area contributed by atoms with Gasteiger partial charge in [0.1, 0.15) is 30.0 Å². The summed E-state index contributed by atoms with van der Waals surface area (Å²) in [4.78, 5) is 35.3. The molecule has 1 aliphatic heterocycles. The van der Waals surface area contributed by atoms with Crippen molar-refractivity contribution in [2.75, 3.05) is 23.4 Å². The van der Waals surface area contributed by atoms with E-state index >= 15 is 0 Å². The number of nitrogens with zero attached hydrogens (tertiary/aromatic N) is 5. The number of aromatic nitrogens is 4. The van der Waals surface area contributed by atoms with Gasteiger partial charge in [-0.3, -0.25) is 14.6 Å². The largest absolute Gasteiger partial charge is 0.489 e. The Hall–Kier alpha value is -5.04. The summed E-state index contributed by atoms with van der Waals surface area (Å²) < 4.78 is 6.18. The molecule has 4 heterocycles. The highest BCUT2D eigenvalue weighted by molar-refractivity contribution is 5.81. The average Bonchev–Trinajstić information content (AvgIpc) is 3.32. The van der Waals surface area contributed by atoms with Crippen LogP contribution in [0.1, 0.15) is 40.3 Å². The van der Waals surface area contributed by atoms with Crippen molar-refractivity contribution in [2.24, 2.45) is 0 Å². The van der Waals surface area contributed by atoms with Crippen molar-refractivity contribution in [1.29, 1.82) is 5.26 Å². The number of carbonyl (C=O) groups excluding carboxylic acids is 1. The summed E-state index contributed by atoms with van der Waals surface area (Å²) in [5, 5.41) is 18.4. The highest BCUT2D eigenvalue weighted by atomic mass is 16.5. The predicted octanol–water partition coefficient (Wildman–Crippen LogP) is 3.49. The second-order valence-electron chi connectivity index (χ2n) is 9.33. The number of pyridine rings is 2. The molecule has 3 aromatic heterocycles. The quantitative estimate of drug-likeness (QED) is 0.321. The Morgan fingerprint density at radius 3 is 2.90 bits per heavy atom. The fourth-order valence-corrected chi connectivity index (χ4v) is 4.66. The number of fused-ring (bicyclic) bond motifs is 1. The summed E-state index contributed by atoms with van der Waals surface area (Å²) in [5.74, 6) is 1.25. The van der Waals surface area contributed by atoms with Gasteiger partial charge < -0.3 is 15.0 Å². The number of nitriles is 1. The van der Waals surface area contributed by atoms with E-state index in [1.807, 2.05) is 24.3 Å². The van der Waals surface area contributed by atoms with Crippen molar-refractivity contribution >= 4 is 17.3 Å². The maximum atomic E-state index is 12.6. The Morgan fingerprint density at radius 1 is 1.21 bits per heavy atom. The van der Waals surface area contributed by atoms with Crippen molar-refractivity contribution < 1.29 is 9.53 Å². The Labute approximate surface area is 225 Å². The first-order valence-electron chi connectivity index (χ1n) is 12.6. The van der Waals surface area contributed by atoms with Gasteiger partial charge in [-0.2, -0.15) is 10.4 Å². The van der Waals surface area contributed by atoms with Crippen LogP contribution < -0.4 is 20.5 Å². The van der Waals surface area contributed by atoms with E-state index in [0.29, 0.717) is 48.8 Å². The van der Waals surface area contributed by atoms with Crippen LogP contribution in [0.2, 0.25) is 0 Å². The lowest BCUT2D eigenvalue weighted by Gasteiger charge is -2.28. The standard InChI is InChI=1S/C29H27N7O3/c1-19-26(16-34-35-29(19)38)36-17-22-4-2-3-5-25(22)27(36)18-39-24-11-21(13-31-15-24)10-23(37)8-9-32-28-7-6-20(12-30)14-33-28/h2-7,11,13-16,27H,8-10,17-18H2,1H3,(H,32,33)(H,35,38). The number of ketones is 1. The summed E-state index contributed by atoms with van der Waals surface area (Å²) in [6.07, 6.45) is 7.03. The maximum Gasteiger partial charge on any atom is 0.269 e. The van der Waals surface area contributed by atoms with E-state index in [2.05, 4.69) is 42.5 Å². The monoisotopic (exact) mass is 521 g/mol. The number of hydrogen-bond acceptors (Lipinski definition) is 9. The van der Waals surface area contributed by atoms with Gasteiger partial charge in [-0.1, -0.05) is 24.3 Å². The second-order valence-corrected chi connectivity index (χ2v) is 9.33. The Balaban J connectivity index is 1.21. The number of H-pyrrole nitrogens is 1. The lowest BCUT2D eigenvalue weighted by Crippen LogP contribution is -2.29. The summed E-state index contributed by atoms with van der Waals surface area (Å²) in [5.41, 5.74) is 4.73. The average molecular weight is 522 g/mol. The Kier molecular flexibility index (Phi) is 7.59. The first kappa shape index (κ1) is 25.6. The lowest BCUT2D eigenvalue weighted by molar-refractivity contribution is -0.118. The van der Waals surface area contributed by atoms with Gasteiger partial charge in [-0.05, 0) is 41.8 Å². The number of benzene rings is 1.